The van der Waals surface area contributed by atoms with Gasteiger partial charge >= 0.3 is 5.97 Å². The van der Waals surface area contributed by atoms with Crippen LogP contribution in [-0.2, 0) is 16.2 Å². The molecule has 0 atom stereocenters. The molecule has 0 saturated heterocycles. The van der Waals surface area contributed by atoms with Crippen LogP contribution in [0.3, 0.4) is 0 Å². The van der Waals surface area contributed by atoms with Crippen LogP contribution in [0.1, 0.15) is 60.7 Å². The lowest BCUT2D eigenvalue weighted by Crippen LogP contribution is -2.03. The number of carbonyl (C=O) groups excluding carboxylic acids is 2. The molecule has 0 aliphatic heterocycles. The van der Waals surface area contributed by atoms with Crippen molar-refractivity contribution in [1.29, 1.82) is 0 Å². The number of hydrogen-bond acceptors (Lipinski definition) is 4. The van der Waals surface area contributed by atoms with Crippen LogP contribution in [0.25, 0.3) is 21.8 Å². The average Bonchev–Trinajstić information content (AvgIpc) is 3.13. The summed E-state index contributed by atoms with van der Waals surface area (Å²) in [5.74, 6) is -0.431. The Hall–Kier alpha value is -3.73. The maximum Gasteiger partial charge on any atom is 0.331 e. The number of benzene rings is 3. The van der Waals surface area contributed by atoms with Gasteiger partial charge in [-0.05, 0) is 61.7 Å². The van der Waals surface area contributed by atoms with E-state index in [2.05, 4.69) is 34.8 Å². The van der Waals surface area contributed by atoms with Crippen LogP contribution in [0.2, 0.25) is 0 Å². The molecule has 0 fully saturated rings. The van der Waals surface area contributed by atoms with Gasteiger partial charge in [-0.2, -0.15) is 0 Å². The second-order valence-corrected chi connectivity index (χ2v) is 8.37. The minimum absolute atomic E-state index is 0.0215. The van der Waals surface area contributed by atoms with E-state index in [0.717, 1.165) is 57.9 Å². The second kappa shape index (κ2) is 9.41. The highest BCUT2D eigenvalue weighted by Gasteiger charge is 2.16. The summed E-state index contributed by atoms with van der Waals surface area (Å²) in [6, 6.07) is 19.8. The Kier molecular flexibility index (Phi) is 6.40. The summed E-state index contributed by atoms with van der Waals surface area (Å²) in [7, 11) is 0. The van der Waals surface area contributed by atoms with Gasteiger partial charge in [0, 0.05) is 46.4 Å². The number of ketones is 1. The molecule has 168 valence electrons. The second-order valence-electron chi connectivity index (χ2n) is 8.37. The number of nitrogens with zero attached hydrogens (tertiary/aromatic N) is 2. The topological polar surface area (TPSA) is 60.7 Å². The predicted molar refractivity (Wildman–Crippen MR) is 133 cm³/mol. The third kappa shape index (κ3) is 4.44. The molecule has 5 nitrogen and oxygen atoms in total. The van der Waals surface area contributed by atoms with E-state index in [1.54, 1.807) is 0 Å². The third-order valence-electron chi connectivity index (χ3n) is 5.98. The summed E-state index contributed by atoms with van der Waals surface area (Å²) < 4.78 is 2.32. The van der Waals surface area contributed by atoms with Crippen molar-refractivity contribution >= 4 is 39.3 Å². The van der Waals surface area contributed by atoms with Crippen molar-refractivity contribution in [3.05, 3.63) is 82.9 Å². The summed E-state index contributed by atoms with van der Waals surface area (Å²) in [6.45, 7) is 8.18. The van der Waals surface area contributed by atoms with E-state index in [1.807, 2.05) is 56.3 Å². The van der Waals surface area contributed by atoms with Crippen LogP contribution < -0.4 is 0 Å². The molecule has 4 aromatic rings. The molecule has 5 heteroatoms. The molecule has 0 N–H and O–H groups in total. The number of carbonyl (C=O) groups is 2. The maximum absolute atomic E-state index is 13.3. The molecule has 33 heavy (non-hydrogen) atoms. The van der Waals surface area contributed by atoms with Gasteiger partial charge in [-0.25, -0.2) is 4.79 Å². The molecule has 0 spiro atoms. The lowest BCUT2D eigenvalue weighted by molar-refractivity contribution is -0.140. The van der Waals surface area contributed by atoms with E-state index in [1.165, 1.54) is 6.92 Å². The molecule has 0 radical (unpaired) electrons. The van der Waals surface area contributed by atoms with Crippen molar-refractivity contribution in [2.45, 2.75) is 47.1 Å². The van der Waals surface area contributed by atoms with Crippen LogP contribution in [0.5, 0.6) is 0 Å². The van der Waals surface area contributed by atoms with E-state index in [4.69, 9.17) is 4.84 Å². The van der Waals surface area contributed by atoms with E-state index in [-0.39, 0.29) is 5.78 Å². The number of unbranched alkanes of at least 4 members (excludes halogenated alkanes) is 1. The molecule has 1 heterocycles. The van der Waals surface area contributed by atoms with Gasteiger partial charge in [0.15, 0.2) is 5.78 Å². The molecular formula is C28H28N2O3. The van der Waals surface area contributed by atoms with Gasteiger partial charge in [-0.1, -0.05) is 48.8 Å². The van der Waals surface area contributed by atoms with E-state index < -0.39 is 5.97 Å². The van der Waals surface area contributed by atoms with E-state index in [9.17, 15) is 9.59 Å². The molecule has 0 saturated carbocycles. The largest absolute Gasteiger partial charge is 0.340 e. The Balaban J connectivity index is 1.89. The first-order valence-electron chi connectivity index (χ1n) is 11.3. The number of oxime groups is 1. The molecule has 0 unspecified atom stereocenters. The fraction of sp³-hybridized carbons (Fsp3) is 0.250. The summed E-state index contributed by atoms with van der Waals surface area (Å²) in [4.78, 5) is 29.2. The highest BCUT2D eigenvalue weighted by atomic mass is 16.7. The van der Waals surface area contributed by atoms with Gasteiger partial charge in [-0.15, -0.1) is 0 Å². The number of rotatable bonds is 7. The third-order valence-corrected chi connectivity index (χ3v) is 5.98. The van der Waals surface area contributed by atoms with Gasteiger partial charge in [0.1, 0.15) is 0 Å². The molecule has 1 aromatic heterocycles. The lowest BCUT2D eigenvalue weighted by atomic mass is 9.97. The predicted octanol–water partition coefficient (Wildman–Crippen LogP) is 6.42. The number of aryl methyl sites for hydroxylation is 2. The van der Waals surface area contributed by atoms with Crippen molar-refractivity contribution in [3.63, 3.8) is 0 Å². The minimum Gasteiger partial charge on any atom is -0.340 e. The molecule has 0 aliphatic carbocycles. The summed E-state index contributed by atoms with van der Waals surface area (Å²) in [5.41, 5.74) is 6.06. The van der Waals surface area contributed by atoms with Crippen LogP contribution >= 0.6 is 0 Å². The summed E-state index contributed by atoms with van der Waals surface area (Å²) in [6.07, 6.45) is 2.16. The smallest absolute Gasteiger partial charge is 0.331 e. The first-order valence-corrected chi connectivity index (χ1v) is 11.3. The molecule has 0 amide bonds. The highest BCUT2D eigenvalue weighted by Crippen LogP contribution is 2.32. The van der Waals surface area contributed by atoms with Gasteiger partial charge < -0.3 is 9.40 Å². The van der Waals surface area contributed by atoms with E-state index in [0.29, 0.717) is 11.3 Å². The zero-order valence-corrected chi connectivity index (χ0v) is 19.5. The zero-order valence-electron chi connectivity index (χ0n) is 19.5. The molecular weight excluding hydrogens is 412 g/mol. The Morgan fingerprint density at radius 1 is 0.909 bits per heavy atom. The van der Waals surface area contributed by atoms with Crippen molar-refractivity contribution < 1.29 is 14.4 Å². The first-order chi connectivity index (χ1) is 15.9. The van der Waals surface area contributed by atoms with Crippen LogP contribution in [0, 0.1) is 6.92 Å². The maximum atomic E-state index is 13.3. The Morgan fingerprint density at radius 3 is 2.18 bits per heavy atom. The van der Waals surface area contributed by atoms with Crippen molar-refractivity contribution in [3.8, 4) is 0 Å². The average molecular weight is 441 g/mol. The molecule has 4 rings (SSSR count). The van der Waals surface area contributed by atoms with Crippen LogP contribution in [0.15, 0.2) is 65.8 Å². The van der Waals surface area contributed by atoms with Crippen molar-refractivity contribution in [2.75, 3.05) is 0 Å². The normalized spacial score (nSPS) is 11.8. The minimum atomic E-state index is -0.453. The Morgan fingerprint density at radius 2 is 1.55 bits per heavy atom. The van der Waals surface area contributed by atoms with Gasteiger partial charge in [-0.3, -0.25) is 4.79 Å². The lowest BCUT2D eigenvalue weighted by Gasteiger charge is -2.08. The Labute approximate surface area is 193 Å². The Bertz CT molecular complexity index is 1400. The number of hydrogen-bond donors (Lipinski definition) is 0. The summed E-state index contributed by atoms with van der Waals surface area (Å²) >= 11 is 0. The van der Waals surface area contributed by atoms with Crippen LogP contribution in [-0.4, -0.2) is 22.0 Å². The first kappa shape index (κ1) is 22.5. The zero-order chi connectivity index (χ0) is 23.5. The van der Waals surface area contributed by atoms with Gasteiger partial charge in [0.25, 0.3) is 0 Å². The van der Waals surface area contributed by atoms with Crippen molar-refractivity contribution in [2.24, 2.45) is 5.16 Å². The highest BCUT2D eigenvalue weighted by molar-refractivity contribution is 6.16. The number of aromatic nitrogens is 1. The molecule has 0 bridgehead atoms. The fourth-order valence-corrected chi connectivity index (χ4v) is 4.20. The van der Waals surface area contributed by atoms with E-state index >= 15 is 0 Å². The fourth-order valence-electron chi connectivity index (χ4n) is 4.20. The quantitative estimate of drug-likeness (QED) is 0.144. The van der Waals surface area contributed by atoms with Gasteiger partial charge in [0.2, 0.25) is 0 Å². The summed E-state index contributed by atoms with van der Waals surface area (Å²) in [5, 5.41) is 6.02. The van der Waals surface area contributed by atoms with Gasteiger partial charge in [0.05, 0.1) is 5.71 Å². The molecule has 3 aromatic carbocycles. The number of fused-ring (bicyclic) bond motifs is 3. The van der Waals surface area contributed by atoms with Crippen molar-refractivity contribution in [1.82, 2.24) is 4.57 Å². The monoisotopic (exact) mass is 440 g/mol. The SMILES string of the molecule is CCCCn1c2ccc(C(=O)c3ccccc3C)cc2c2cc(/C(C)=N/OC(C)=O)ccc21. The molecule has 0 aliphatic rings. The van der Waals surface area contributed by atoms with Crippen LogP contribution in [0.4, 0.5) is 0 Å². The standard InChI is InChI=1S/C28H28N2O3/c1-5-6-15-30-26-13-11-21(19(3)29-33-20(4)31)16-24(26)25-17-22(12-14-27(25)30)28(32)23-10-8-7-9-18(23)2/h7-14,16-17H,5-6,15H2,1-4H3/b29-19+.